The average molecular weight is 445 g/mol. The van der Waals surface area contributed by atoms with Gasteiger partial charge in [0.1, 0.15) is 24.2 Å². The van der Waals surface area contributed by atoms with Crippen molar-refractivity contribution in [3.05, 3.63) is 102 Å². The quantitative estimate of drug-likeness (QED) is 0.383. The van der Waals surface area contributed by atoms with Crippen molar-refractivity contribution in [3.8, 4) is 5.75 Å². The third-order valence-electron chi connectivity index (χ3n) is 5.44. The lowest BCUT2D eigenvalue weighted by Gasteiger charge is -2.24. The fourth-order valence-electron chi connectivity index (χ4n) is 3.77. The summed E-state index contributed by atoms with van der Waals surface area (Å²) >= 11 is 0. The molecule has 0 aliphatic carbocycles. The molecule has 0 saturated carbocycles. The van der Waals surface area contributed by atoms with E-state index in [4.69, 9.17) is 9.15 Å². The maximum atomic E-state index is 11.8. The van der Waals surface area contributed by atoms with Crippen molar-refractivity contribution in [3.63, 3.8) is 0 Å². The van der Waals surface area contributed by atoms with Crippen LogP contribution in [-0.4, -0.2) is 42.2 Å². The van der Waals surface area contributed by atoms with E-state index in [1.54, 1.807) is 25.4 Å². The Morgan fingerprint density at radius 3 is 2.52 bits per heavy atom. The van der Waals surface area contributed by atoms with Crippen LogP contribution in [0.15, 0.2) is 89.5 Å². The van der Waals surface area contributed by atoms with Gasteiger partial charge in [-0.2, -0.15) is 0 Å². The van der Waals surface area contributed by atoms with E-state index in [0.717, 1.165) is 27.8 Å². The van der Waals surface area contributed by atoms with E-state index in [1.165, 1.54) is 0 Å². The highest BCUT2D eigenvalue weighted by Crippen LogP contribution is 2.21. The number of carbonyl (C=O) groups excluding carboxylic acids is 1. The second kappa shape index (κ2) is 10.8. The molecular formula is C27H28N2O4. The number of carbonyl (C=O) groups is 1. The number of amides is 1. The minimum absolute atomic E-state index is 0.116. The molecule has 1 atom stereocenters. The highest BCUT2D eigenvalue weighted by atomic mass is 16.5. The van der Waals surface area contributed by atoms with E-state index in [1.807, 2.05) is 60.7 Å². The zero-order chi connectivity index (χ0) is 23.0. The van der Waals surface area contributed by atoms with Crippen LogP contribution in [0, 0.1) is 0 Å². The summed E-state index contributed by atoms with van der Waals surface area (Å²) in [6.45, 7) is 1.74. The monoisotopic (exact) mass is 444 g/mol. The van der Waals surface area contributed by atoms with Crippen molar-refractivity contribution in [1.82, 2.24) is 10.2 Å². The van der Waals surface area contributed by atoms with Gasteiger partial charge in [0.05, 0.1) is 12.8 Å². The van der Waals surface area contributed by atoms with Gasteiger partial charge in [0.15, 0.2) is 0 Å². The molecule has 6 heteroatoms. The van der Waals surface area contributed by atoms with E-state index in [2.05, 4.69) is 16.3 Å². The average Bonchev–Trinajstić information content (AvgIpc) is 3.35. The molecule has 0 saturated heterocycles. The first-order chi connectivity index (χ1) is 16.1. The van der Waals surface area contributed by atoms with E-state index >= 15 is 0 Å². The first kappa shape index (κ1) is 22.6. The third-order valence-corrected chi connectivity index (χ3v) is 5.44. The lowest BCUT2D eigenvalue weighted by Crippen LogP contribution is -2.35. The molecule has 4 aromatic rings. The van der Waals surface area contributed by atoms with Gasteiger partial charge in [0, 0.05) is 25.7 Å². The molecule has 1 aromatic heterocycles. The number of furan rings is 1. The Kier molecular flexibility index (Phi) is 7.40. The van der Waals surface area contributed by atoms with E-state index in [-0.39, 0.29) is 12.5 Å². The number of aliphatic hydroxyl groups excluding tert-OH is 1. The molecule has 1 unspecified atom stereocenters. The highest BCUT2D eigenvalue weighted by Gasteiger charge is 2.16. The Balaban J connectivity index is 1.39. The molecule has 0 aliphatic heterocycles. The smallest absolute Gasteiger partial charge is 0.251 e. The minimum atomic E-state index is -0.684. The maximum Gasteiger partial charge on any atom is 0.251 e. The topological polar surface area (TPSA) is 74.9 Å². The fourth-order valence-corrected chi connectivity index (χ4v) is 3.77. The zero-order valence-corrected chi connectivity index (χ0v) is 18.6. The number of fused-ring (bicyclic) bond motifs is 1. The summed E-state index contributed by atoms with van der Waals surface area (Å²) in [7, 11) is 1.61. The minimum Gasteiger partial charge on any atom is -0.491 e. The Hall–Kier alpha value is -3.61. The van der Waals surface area contributed by atoms with E-state index in [0.29, 0.717) is 25.2 Å². The fraction of sp³-hybridized carbons (Fsp3) is 0.222. The second-order valence-corrected chi connectivity index (χ2v) is 8.00. The number of nitrogens with one attached hydrogen (secondary N) is 1. The van der Waals surface area contributed by atoms with Crippen LogP contribution in [0.1, 0.15) is 21.7 Å². The van der Waals surface area contributed by atoms with Gasteiger partial charge in [-0.25, -0.2) is 0 Å². The summed E-state index contributed by atoms with van der Waals surface area (Å²) in [6, 6.07) is 25.3. The third kappa shape index (κ3) is 6.22. The Bertz CT molecular complexity index is 1170. The Labute approximate surface area is 193 Å². The molecule has 0 fully saturated rings. The van der Waals surface area contributed by atoms with Crippen LogP contribution in [-0.2, 0) is 13.1 Å². The molecule has 0 radical (unpaired) electrons. The van der Waals surface area contributed by atoms with E-state index < -0.39 is 6.10 Å². The largest absolute Gasteiger partial charge is 0.491 e. The molecule has 3 aromatic carbocycles. The molecule has 33 heavy (non-hydrogen) atoms. The first-order valence-electron chi connectivity index (χ1n) is 11.0. The molecule has 2 N–H and O–H groups in total. The molecule has 4 rings (SSSR count). The van der Waals surface area contributed by atoms with Crippen molar-refractivity contribution in [1.29, 1.82) is 0 Å². The van der Waals surface area contributed by atoms with Crippen LogP contribution in [0.2, 0.25) is 0 Å². The van der Waals surface area contributed by atoms with Gasteiger partial charge < -0.3 is 19.6 Å². The molecule has 0 aliphatic rings. The molecule has 6 nitrogen and oxygen atoms in total. The van der Waals surface area contributed by atoms with Gasteiger partial charge in [0.2, 0.25) is 0 Å². The SMILES string of the molecule is CNC(=O)c1ccc(CN(Cc2ccco2)CC(O)COc2ccc3ccccc3c2)cc1. The zero-order valence-electron chi connectivity index (χ0n) is 18.6. The molecule has 0 spiro atoms. The predicted molar refractivity (Wildman–Crippen MR) is 128 cm³/mol. The molecule has 1 amide bonds. The van der Waals surface area contributed by atoms with Crippen LogP contribution in [0.4, 0.5) is 0 Å². The van der Waals surface area contributed by atoms with Gasteiger partial charge in [0.25, 0.3) is 5.91 Å². The number of nitrogens with zero attached hydrogens (tertiary/aromatic N) is 1. The van der Waals surface area contributed by atoms with Crippen molar-refractivity contribution < 1.29 is 19.1 Å². The van der Waals surface area contributed by atoms with Crippen molar-refractivity contribution >= 4 is 16.7 Å². The number of benzene rings is 3. The van der Waals surface area contributed by atoms with E-state index in [9.17, 15) is 9.90 Å². The van der Waals surface area contributed by atoms with Crippen LogP contribution >= 0.6 is 0 Å². The summed E-state index contributed by atoms with van der Waals surface area (Å²) in [6.07, 6.45) is 0.960. The van der Waals surface area contributed by atoms with Gasteiger partial charge in [-0.1, -0.05) is 42.5 Å². The standard InChI is InChI=1S/C27H28N2O4/c1-28-27(31)22-10-8-20(9-11-22)16-29(18-26-7-4-14-32-26)17-24(30)19-33-25-13-12-21-5-2-3-6-23(21)15-25/h2-15,24,30H,16-19H2,1H3,(H,28,31). The number of ether oxygens (including phenoxy) is 1. The summed E-state index contributed by atoms with van der Waals surface area (Å²) in [4.78, 5) is 13.9. The number of aliphatic hydroxyl groups is 1. The van der Waals surface area contributed by atoms with Crippen molar-refractivity contribution in [2.45, 2.75) is 19.2 Å². The van der Waals surface area contributed by atoms with Gasteiger partial charge in [-0.05, 0) is 52.7 Å². The van der Waals surface area contributed by atoms with Crippen molar-refractivity contribution in [2.24, 2.45) is 0 Å². The summed E-state index contributed by atoms with van der Waals surface area (Å²) in [5.74, 6) is 1.44. The van der Waals surface area contributed by atoms with Crippen LogP contribution in [0.5, 0.6) is 5.75 Å². The summed E-state index contributed by atoms with van der Waals surface area (Å²) < 4.78 is 11.4. The molecule has 0 bridgehead atoms. The second-order valence-electron chi connectivity index (χ2n) is 8.00. The van der Waals surface area contributed by atoms with Gasteiger partial charge >= 0.3 is 0 Å². The summed E-state index contributed by atoms with van der Waals surface area (Å²) in [5.41, 5.74) is 1.65. The number of hydrogen-bond donors (Lipinski definition) is 2. The number of rotatable bonds is 10. The Morgan fingerprint density at radius 1 is 1.00 bits per heavy atom. The van der Waals surface area contributed by atoms with Crippen molar-refractivity contribution in [2.75, 3.05) is 20.2 Å². The predicted octanol–water partition coefficient (Wildman–Crippen LogP) is 4.23. The van der Waals surface area contributed by atoms with Crippen LogP contribution in [0.25, 0.3) is 10.8 Å². The maximum absolute atomic E-state index is 11.8. The Morgan fingerprint density at radius 2 is 1.79 bits per heavy atom. The lowest BCUT2D eigenvalue weighted by atomic mass is 10.1. The normalized spacial score (nSPS) is 12.1. The highest BCUT2D eigenvalue weighted by molar-refractivity contribution is 5.93. The van der Waals surface area contributed by atoms with Crippen LogP contribution in [0.3, 0.4) is 0 Å². The number of hydrogen-bond acceptors (Lipinski definition) is 5. The molecular weight excluding hydrogens is 416 g/mol. The molecule has 170 valence electrons. The first-order valence-corrected chi connectivity index (χ1v) is 11.0. The van der Waals surface area contributed by atoms with Gasteiger partial charge in [-0.15, -0.1) is 0 Å². The van der Waals surface area contributed by atoms with Gasteiger partial charge in [-0.3, -0.25) is 9.69 Å². The van der Waals surface area contributed by atoms with Crippen LogP contribution < -0.4 is 10.1 Å². The lowest BCUT2D eigenvalue weighted by molar-refractivity contribution is 0.0605. The molecule has 1 heterocycles. The summed E-state index contributed by atoms with van der Waals surface area (Å²) in [5, 5.41) is 15.6.